The molecule has 0 fully saturated rings. The maximum atomic E-state index is 4.43. The molecule has 1 rings (SSSR count). The number of aliphatic imine (C=N–C) groups is 1. The van der Waals surface area contributed by atoms with Gasteiger partial charge in [-0.15, -0.1) is 0 Å². The van der Waals surface area contributed by atoms with Gasteiger partial charge in [-0.2, -0.15) is 0 Å². The van der Waals surface area contributed by atoms with Crippen molar-refractivity contribution in [1.29, 1.82) is 0 Å². The van der Waals surface area contributed by atoms with Gasteiger partial charge in [-0.25, -0.2) is 5.01 Å². The predicted octanol–water partition coefficient (Wildman–Crippen LogP) is 0.633. The van der Waals surface area contributed by atoms with Crippen LogP contribution in [0.2, 0.25) is 0 Å². The Bertz CT molecular complexity index is 160. The van der Waals surface area contributed by atoms with Crippen LogP contribution in [-0.2, 0) is 0 Å². The molecule has 0 saturated carbocycles. The van der Waals surface area contributed by atoms with Gasteiger partial charge in [0.1, 0.15) is 5.84 Å². The Morgan fingerprint density at radius 1 is 1.60 bits per heavy atom. The fourth-order valence-electron chi connectivity index (χ4n) is 1.41. The molecule has 1 aliphatic heterocycles. The van der Waals surface area contributed by atoms with Gasteiger partial charge in [-0.3, -0.25) is 4.99 Å². The highest BCUT2D eigenvalue weighted by molar-refractivity contribution is 5.79. The molecule has 3 nitrogen and oxygen atoms in total. The van der Waals surface area contributed by atoms with Crippen LogP contribution in [0.3, 0.4) is 0 Å². The Hall–Kier alpha value is -0.570. The van der Waals surface area contributed by atoms with Gasteiger partial charge in [-0.1, -0.05) is 0 Å². The van der Waals surface area contributed by atoms with Gasteiger partial charge >= 0.3 is 0 Å². The Morgan fingerprint density at radius 3 is 2.60 bits per heavy atom. The molecule has 0 saturated heterocycles. The smallest absolute Gasteiger partial charge is 0.108 e. The Balaban J connectivity index is 2.74. The van der Waals surface area contributed by atoms with Gasteiger partial charge in [0.2, 0.25) is 0 Å². The maximum Gasteiger partial charge on any atom is 0.108 e. The standard InChI is InChI=1S/C7H15N3/c1-6-8-7(2,3)5-10(4)9-6/h5H2,1-4H3,(H,8,9). The van der Waals surface area contributed by atoms with Crippen molar-refractivity contribution in [1.82, 2.24) is 10.4 Å². The fraction of sp³-hybridized carbons (Fsp3) is 0.857. The van der Waals surface area contributed by atoms with Crippen LogP contribution in [0.5, 0.6) is 0 Å². The number of likely N-dealkylation sites (N-methyl/N-ethyl adjacent to an activating group) is 1. The van der Waals surface area contributed by atoms with Crippen LogP contribution in [0.4, 0.5) is 0 Å². The summed E-state index contributed by atoms with van der Waals surface area (Å²) in [6, 6.07) is 0. The molecule has 0 spiro atoms. The minimum absolute atomic E-state index is 0.0735. The molecule has 0 aromatic carbocycles. The van der Waals surface area contributed by atoms with Gasteiger partial charge < -0.3 is 5.43 Å². The van der Waals surface area contributed by atoms with Crippen molar-refractivity contribution in [3.05, 3.63) is 0 Å². The topological polar surface area (TPSA) is 27.6 Å². The van der Waals surface area contributed by atoms with Gasteiger partial charge in [0.15, 0.2) is 0 Å². The minimum atomic E-state index is 0.0735. The zero-order chi connectivity index (χ0) is 7.78. The number of hydrazine groups is 1. The summed E-state index contributed by atoms with van der Waals surface area (Å²) in [7, 11) is 2.03. The molecule has 1 aliphatic rings. The van der Waals surface area contributed by atoms with Crippen LogP contribution < -0.4 is 5.43 Å². The van der Waals surface area contributed by atoms with E-state index in [2.05, 4.69) is 29.3 Å². The van der Waals surface area contributed by atoms with Crippen LogP contribution in [0.15, 0.2) is 4.99 Å². The zero-order valence-electron chi connectivity index (χ0n) is 7.10. The van der Waals surface area contributed by atoms with Crippen molar-refractivity contribution in [2.24, 2.45) is 4.99 Å². The Labute approximate surface area is 62.1 Å². The summed E-state index contributed by atoms with van der Waals surface area (Å²) >= 11 is 0. The van der Waals surface area contributed by atoms with E-state index >= 15 is 0 Å². The second-order valence-corrected chi connectivity index (χ2v) is 3.48. The molecule has 1 heterocycles. The van der Waals surface area contributed by atoms with E-state index in [1.165, 1.54) is 0 Å². The Kier molecular flexibility index (Phi) is 1.68. The summed E-state index contributed by atoms with van der Waals surface area (Å²) in [6.07, 6.45) is 0. The molecule has 0 unspecified atom stereocenters. The highest BCUT2D eigenvalue weighted by Gasteiger charge is 2.22. The fourth-order valence-corrected chi connectivity index (χ4v) is 1.41. The predicted molar refractivity (Wildman–Crippen MR) is 43.0 cm³/mol. The average Bonchev–Trinajstić information content (AvgIpc) is 1.54. The summed E-state index contributed by atoms with van der Waals surface area (Å²) < 4.78 is 0. The lowest BCUT2D eigenvalue weighted by Crippen LogP contribution is -2.50. The molecule has 0 atom stereocenters. The second-order valence-electron chi connectivity index (χ2n) is 3.48. The molecule has 0 aliphatic carbocycles. The maximum absolute atomic E-state index is 4.43. The van der Waals surface area contributed by atoms with Gasteiger partial charge in [0.05, 0.1) is 5.54 Å². The summed E-state index contributed by atoms with van der Waals surface area (Å²) in [4.78, 5) is 4.43. The molecular weight excluding hydrogens is 126 g/mol. The molecule has 0 aromatic rings. The van der Waals surface area contributed by atoms with Crippen molar-refractivity contribution in [3.8, 4) is 0 Å². The van der Waals surface area contributed by atoms with Gasteiger partial charge in [0.25, 0.3) is 0 Å². The van der Waals surface area contributed by atoms with Crippen LogP contribution in [0, 0.1) is 0 Å². The summed E-state index contributed by atoms with van der Waals surface area (Å²) in [5, 5.41) is 2.06. The SMILES string of the molecule is CC1=NC(C)(C)CN(C)N1. The van der Waals surface area contributed by atoms with E-state index in [9.17, 15) is 0 Å². The number of nitrogens with one attached hydrogen (secondary N) is 1. The molecule has 58 valence electrons. The molecular formula is C7H15N3. The lowest BCUT2D eigenvalue weighted by Gasteiger charge is -2.33. The van der Waals surface area contributed by atoms with Crippen molar-refractivity contribution >= 4 is 5.84 Å². The summed E-state index contributed by atoms with van der Waals surface area (Å²) in [5.41, 5.74) is 3.19. The van der Waals surface area contributed by atoms with E-state index in [0.29, 0.717) is 0 Å². The normalized spacial score (nSPS) is 25.4. The van der Waals surface area contributed by atoms with E-state index in [1.54, 1.807) is 0 Å². The number of hydrogen-bond donors (Lipinski definition) is 1. The minimum Gasteiger partial charge on any atom is -0.307 e. The zero-order valence-corrected chi connectivity index (χ0v) is 7.10. The Morgan fingerprint density at radius 2 is 2.20 bits per heavy atom. The number of amidine groups is 1. The van der Waals surface area contributed by atoms with E-state index in [4.69, 9.17) is 0 Å². The number of hydrogen-bond acceptors (Lipinski definition) is 3. The first-order chi connectivity index (χ1) is 4.49. The molecule has 3 heteroatoms. The van der Waals surface area contributed by atoms with Gasteiger partial charge in [-0.05, 0) is 20.8 Å². The first-order valence-corrected chi connectivity index (χ1v) is 3.54. The van der Waals surface area contributed by atoms with Crippen LogP contribution in [0.1, 0.15) is 20.8 Å². The van der Waals surface area contributed by atoms with E-state index in [0.717, 1.165) is 12.4 Å². The lowest BCUT2D eigenvalue weighted by molar-refractivity contribution is 0.217. The van der Waals surface area contributed by atoms with Crippen LogP contribution >= 0.6 is 0 Å². The molecule has 0 bridgehead atoms. The van der Waals surface area contributed by atoms with Crippen LogP contribution in [-0.4, -0.2) is 30.0 Å². The number of rotatable bonds is 0. The second kappa shape index (κ2) is 2.23. The van der Waals surface area contributed by atoms with Crippen molar-refractivity contribution in [2.45, 2.75) is 26.3 Å². The summed E-state index contributed by atoms with van der Waals surface area (Å²) in [5.74, 6) is 0.999. The third-order valence-electron chi connectivity index (χ3n) is 1.45. The summed E-state index contributed by atoms with van der Waals surface area (Å²) in [6.45, 7) is 7.21. The highest BCUT2D eigenvalue weighted by Crippen LogP contribution is 2.12. The monoisotopic (exact) mass is 141 g/mol. The number of nitrogens with zero attached hydrogens (tertiary/aromatic N) is 2. The third kappa shape index (κ3) is 1.70. The average molecular weight is 141 g/mol. The first kappa shape index (κ1) is 7.54. The van der Waals surface area contributed by atoms with Gasteiger partial charge in [0, 0.05) is 13.6 Å². The van der Waals surface area contributed by atoms with E-state index < -0.39 is 0 Å². The quantitative estimate of drug-likeness (QED) is 0.536. The molecule has 0 radical (unpaired) electrons. The lowest BCUT2D eigenvalue weighted by atomic mass is 10.1. The molecule has 10 heavy (non-hydrogen) atoms. The van der Waals surface area contributed by atoms with E-state index in [1.807, 2.05) is 14.0 Å². The molecule has 0 amide bonds. The van der Waals surface area contributed by atoms with Crippen LogP contribution in [0.25, 0.3) is 0 Å². The van der Waals surface area contributed by atoms with Crippen molar-refractivity contribution < 1.29 is 0 Å². The van der Waals surface area contributed by atoms with E-state index in [-0.39, 0.29) is 5.54 Å². The first-order valence-electron chi connectivity index (χ1n) is 3.54. The molecule has 0 aromatic heterocycles. The van der Waals surface area contributed by atoms with Crippen molar-refractivity contribution in [2.75, 3.05) is 13.6 Å². The third-order valence-corrected chi connectivity index (χ3v) is 1.45. The molecule has 1 N–H and O–H groups in total. The largest absolute Gasteiger partial charge is 0.307 e. The van der Waals surface area contributed by atoms with Crippen molar-refractivity contribution in [3.63, 3.8) is 0 Å². The highest BCUT2D eigenvalue weighted by atomic mass is 15.5.